The van der Waals surface area contributed by atoms with Gasteiger partial charge in [-0.3, -0.25) is 0 Å². The number of aromatic nitrogens is 1. The van der Waals surface area contributed by atoms with Gasteiger partial charge in [0.05, 0.1) is 23.8 Å². The minimum atomic E-state index is -1.68. The molecule has 3 aromatic rings. The molecule has 5 nitrogen and oxygen atoms in total. The summed E-state index contributed by atoms with van der Waals surface area (Å²) in [5.74, 6) is -0.929. The van der Waals surface area contributed by atoms with Crippen LogP contribution in [-0.4, -0.2) is 33.7 Å². The molecule has 1 saturated carbocycles. The van der Waals surface area contributed by atoms with E-state index in [1.807, 2.05) is 29.8 Å². The number of aromatic carboxylic acids is 1. The lowest BCUT2D eigenvalue weighted by Crippen LogP contribution is -2.25. The molecule has 0 spiro atoms. The molecule has 0 saturated heterocycles. The predicted molar refractivity (Wildman–Crippen MR) is 132 cm³/mol. The zero-order chi connectivity index (χ0) is 24.2. The van der Waals surface area contributed by atoms with Gasteiger partial charge in [0.15, 0.2) is 0 Å². The van der Waals surface area contributed by atoms with Gasteiger partial charge in [-0.05, 0) is 55.0 Å². The highest BCUT2D eigenvalue weighted by Gasteiger charge is 2.28. The fourth-order valence-electron chi connectivity index (χ4n) is 5.19. The normalized spacial score (nSPS) is 16.3. The number of aliphatic hydroxyl groups excluding tert-OH is 1. The first kappa shape index (κ1) is 24.0. The Bertz CT molecular complexity index is 1180. The van der Waals surface area contributed by atoms with E-state index in [4.69, 9.17) is 4.74 Å². The van der Waals surface area contributed by atoms with Gasteiger partial charge in [-0.2, -0.15) is 0 Å². The first-order chi connectivity index (χ1) is 16.5. The molecule has 0 amide bonds. The first-order valence-electron chi connectivity index (χ1n) is 11.9. The summed E-state index contributed by atoms with van der Waals surface area (Å²) in [5, 5.41) is 20.2. The van der Waals surface area contributed by atoms with Crippen molar-refractivity contribution in [2.45, 2.75) is 50.8 Å². The van der Waals surface area contributed by atoms with Gasteiger partial charge in [0.25, 0.3) is 0 Å². The lowest BCUT2D eigenvalue weighted by molar-refractivity contribution is -0.00894. The van der Waals surface area contributed by atoms with Crippen LogP contribution in [0.5, 0.6) is 5.75 Å². The minimum absolute atomic E-state index is 0.235. The second-order valence-corrected chi connectivity index (χ2v) is 9.13. The van der Waals surface area contributed by atoms with Gasteiger partial charge in [0, 0.05) is 23.5 Å². The van der Waals surface area contributed by atoms with Crippen LogP contribution in [0.3, 0.4) is 0 Å². The van der Waals surface area contributed by atoms with Crippen LogP contribution in [0.4, 0.5) is 4.39 Å². The molecule has 1 aliphatic carbocycles. The second-order valence-electron chi connectivity index (χ2n) is 9.13. The molecule has 4 rings (SSSR count). The molecule has 0 aliphatic heterocycles. The Kier molecular flexibility index (Phi) is 7.37. The molecular weight excluding hydrogens is 433 g/mol. The van der Waals surface area contributed by atoms with Gasteiger partial charge in [-0.25, -0.2) is 9.18 Å². The van der Waals surface area contributed by atoms with Crippen molar-refractivity contribution >= 4 is 16.9 Å². The van der Waals surface area contributed by atoms with E-state index in [2.05, 4.69) is 6.58 Å². The third-order valence-corrected chi connectivity index (χ3v) is 6.96. The van der Waals surface area contributed by atoms with Crippen molar-refractivity contribution in [2.24, 2.45) is 13.0 Å². The number of ether oxygens (including phenoxy) is 1. The molecule has 2 atom stereocenters. The number of para-hydroxylation sites is 1. The highest BCUT2D eigenvalue weighted by molar-refractivity contribution is 5.98. The Hall–Kier alpha value is -3.12. The van der Waals surface area contributed by atoms with E-state index in [1.54, 1.807) is 30.3 Å². The number of halogens is 1. The number of benzene rings is 2. The number of hydrogen-bond acceptors (Lipinski definition) is 3. The summed E-state index contributed by atoms with van der Waals surface area (Å²) in [7, 11) is 1.92. The van der Waals surface area contributed by atoms with E-state index in [0.29, 0.717) is 18.1 Å². The lowest BCUT2D eigenvalue weighted by atomic mass is 9.81. The number of carboxylic acid groups (broad SMARTS) is 1. The fourth-order valence-corrected chi connectivity index (χ4v) is 5.19. The maximum absolute atomic E-state index is 15.0. The standard InChI is InChI=1S/C28H32FNO4/c1-3-9-20(17-31)27(29)34-24-13-8-7-12-22(24)26-25(18-10-5-4-6-11-18)21-15-14-19(28(32)33)16-23(21)30(26)2/h3,7-8,12-16,18,20,27,31H,1,4-6,9-11,17H2,2H3,(H,32,33)/t20-,27?/m1/s1. The number of hydrogen-bond donors (Lipinski definition) is 2. The van der Waals surface area contributed by atoms with Crippen LogP contribution in [0.15, 0.2) is 55.1 Å². The van der Waals surface area contributed by atoms with Crippen molar-refractivity contribution < 1.29 is 24.1 Å². The van der Waals surface area contributed by atoms with Gasteiger partial charge in [0.1, 0.15) is 5.75 Å². The number of aliphatic hydroxyl groups is 1. The van der Waals surface area contributed by atoms with Crippen molar-refractivity contribution in [2.75, 3.05) is 6.61 Å². The van der Waals surface area contributed by atoms with Crippen molar-refractivity contribution in [3.8, 4) is 17.0 Å². The summed E-state index contributed by atoms with van der Waals surface area (Å²) < 4.78 is 22.8. The van der Waals surface area contributed by atoms with Crippen LogP contribution in [0, 0.1) is 5.92 Å². The van der Waals surface area contributed by atoms with Crippen molar-refractivity contribution in [3.63, 3.8) is 0 Å². The molecule has 1 aromatic heterocycles. The van der Waals surface area contributed by atoms with Crippen LogP contribution in [0.25, 0.3) is 22.2 Å². The van der Waals surface area contributed by atoms with Gasteiger partial charge in [-0.15, -0.1) is 6.58 Å². The van der Waals surface area contributed by atoms with Gasteiger partial charge in [-0.1, -0.05) is 43.5 Å². The largest absolute Gasteiger partial charge is 0.478 e. The fraction of sp³-hybridized carbons (Fsp3) is 0.393. The Morgan fingerprint density at radius 3 is 2.65 bits per heavy atom. The van der Waals surface area contributed by atoms with Crippen molar-refractivity contribution in [1.82, 2.24) is 4.57 Å². The second kappa shape index (κ2) is 10.4. The topological polar surface area (TPSA) is 71.7 Å². The Balaban J connectivity index is 1.88. The molecule has 180 valence electrons. The monoisotopic (exact) mass is 465 g/mol. The molecule has 1 fully saturated rings. The Morgan fingerprint density at radius 1 is 1.24 bits per heavy atom. The van der Waals surface area contributed by atoms with E-state index in [9.17, 15) is 15.0 Å². The summed E-state index contributed by atoms with van der Waals surface area (Å²) in [4.78, 5) is 11.6. The SMILES string of the molecule is C=CC[C@H](CO)C(F)Oc1ccccc1-c1c(C2CCCCC2)c2ccc(C(=O)O)cc2n1C. The molecule has 1 heterocycles. The average molecular weight is 466 g/mol. The number of fused-ring (bicyclic) bond motifs is 1. The minimum Gasteiger partial charge on any atom is -0.478 e. The molecule has 1 aliphatic rings. The predicted octanol–water partition coefficient (Wildman–Crippen LogP) is 6.45. The first-order valence-corrected chi connectivity index (χ1v) is 11.9. The molecule has 2 aromatic carbocycles. The zero-order valence-electron chi connectivity index (χ0n) is 19.5. The van der Waals surface area contributed by atoms with Gasteiger partial charge < -0.3 is 19.5 Å². The molecular formula is C28H32FNO4. The summed E-state index contributed by atoms with van der Waals surface area (Å²) in [5.41, 5.74) is 3.93. The maximum atomic E-state index is 15.0. The molecule has 0 bridgehead atoms. The Morgan fingerprint density at radius 2 is 1.97 bits per heavy atom. The summed E-state index contributed by atoms with van der Waals surface area (Å²) in [6.45, 7) is 3.30. The molecule has 2 N–H and O–H groups in total. The van der Waals surface area contributed by atoms with E-state index in [1.165, 1.54) is 12.0 Å². The van der Waals surface area contributed by atoms with Crippen LogP contribution in [0.2, 0.25) is 0 Å². The number of alkyl halides is 1. The van der Waals surface area contributed by atoms with E-state index >= 15 is 4.39 Å². The lowest BCUT2D eigenvalue weighted by Gasteiger charge is -2.25. The highest BCUT2D eigenvalue weighted by Crippen LogP contribution is 2.46. The number of carbonyl (C=O) groups is 1. The smallest absolute Gasteiger partial charge is 0.335 e. The number of nitrogens with zero attached hydrogens (tertiary/aromatic N) is 1. The van der Waals surface area contributed by atoms with E-state index < -0.39 is 18.2 Å². The molecule has 1 unspecified atom stereocenters. The number of carboxylic acids is 1. The van der Waals surface area contributed by atoms with Crippen molar-refractivity contribution in [3.05, 3.63) is 66.2 Å². The maximum Gasteiger partial charge on any atom is 0.335 e. The summed E-state index contributed by atoms with van der Waals surface area (Å²) in [6.07, 6.45) is 5.84. The molecule has 34 heavy (non-hydrogen) atoms. The van der Waals surface area contributed by atoms with Gasteiger partial charge in [0.2, 0.25) is 6.36 Å². The Labute approximate surface area is 199 Å². The quantitative estimate of drug-likeness (QED) is 0.356. The molecule has 0 radical (unpaired) electrons. The average Bonchev–Trinajstić information content (AvgIpc) is 3.14. The molecule has 6 heteroatoms. The highest BCUT2D eigenvalue weighted by atomic mass is 19.1. The third-order valence-electron chi connectivity index (χ3n) is 6.96. The van der Waals surface area contributed by atoms with Crippen LogP contribution >= 0.6 is 0 Å². The third kappa shape index (κ3) is 4.60. The number of rotatable bonds is 9. The van der Waals surface area contributed by atoms with Crippen LogP contribution < -0.4 is 4.74 Å². The van der Waals surface area contributed by atoms with Crippen molar-refractivity contribution in [1.29, 1.82) is 0 Å². The van der Waals surface area contributed by atoms with E-state index in [-0.39, 0.29) is 12.2 Å². The summed E-state index contributed by atoms with van der Waals surface area (Å²) >= 11 is 0. The number of aryl methyl sites for hydroxylation is 1. The summed E-state index contributed by atoms with van der Waals surface area (Å²) in [6, 6.07) is 12.6. The van der Waals surface area contributed by atoms with Gasteiger partial charge >= 0.3 is 5.97 Å². The van der Waals surface area contributed by atoms with E-state index in [0.717, 1.165) is 47.8 Å². The van der Waals surface area contributed by atoms with Crippen LogP contribution in [0.1, 0.15) is 60.4 Å². The number of allylic oxidation sites excluding steroid dienone is 1. The zero-order valence-corrected chi connectivity index (χ0v) is 19.5. The van der Waals surface area contributed by atoms with Crippen LogP contribution in [-0.2, 0) is 7.05 Å².